The molecule has 90 valence electrons. The van der Waals surface area contributed by atoms with Gasteiger partial charge in [-0.1, -0.05) is 12.7 Å². The Balaban J connectivity index is 2.33. The molecule has 0 aromatic heterocycles. The molecule has 1 aliphatic rings. The number of carbonyl (C=O) groups excluding carboxylic acids is 2. The molecule has 0 radical (unpaired) electrons. The van der Waals surface area contributed by atoms with Gasteiger partial charge in [0.05, 0.1) is 5.88 Å². The van der Waals surface area contributed by atoms with Crippen molar-refractivity contribution in [3.8, 4) is 0 Å². The van der Waals surface area contributed by atoms with Gasteiger partial charge in [0.15, 0.2) is 5.78 Å². The second-order valence-electron chi connectivity index (χ2n) is 3.73. The molecule has 0 spiro atoms. The number of nitrogens with zero attached hydrogens (tertiary/aromatic N) is 1. The molecule has 1 aliphatic heterocycles. The lowest BCUT2D eigenvalue weighted by atomic mass is 9.93. The van der Waals surface area contributed by atoms with E-state index in [1.165, 1.54) is 6.08 Å². The topological polar surface area (TPSA) is 46.6 Å². The van der Waals surface area contributed by atoms with Crippen molar-refractivity contribution in [3.05, 3.63) is 12.7 Å². The van der Waals surface area contributed by atoms with Crippen molar-refractivity contribution in [3.63, 3.8) is 0 Å². The number of amides is 1. The van der Waals surface area contributed by atoms with E-state index in [2.05, 4.69) is 6.58 Å². The quantitative estimate of drug-likeness (QED) is 0.561. The summed E-state index contributed by atoms with van der Waals surface area (Å²) in [4.78, 5) is 24.4. The molecule has 0 aromatic rings. The number of ketones is 1. The number of likely N-dealkylation sites (tertiary alicyclic amines) is 1. The fourth-order valence-corrected chi connectivity index (χ4v) is 1.93. The average Bonchev–Trinajstić information content (AvgIpc) is 2.35. The fraction of sp³-hybridized carbons (Fsp3) is 0.636. The monoisotopic (exact) mass is 245 g/mol. The Morgan fingerprint density at radius 2 is 2.06 bits per heavy atom. The number of carbonyl (C=O) groups is 2. The molecular weight excluding hydrogens is 230 g/mol. The van der Waals surface area contributed by atoms with Crippen LogP contribution < -0.4 is 0 Å². The first kappa shape index (κ1) is 13.0. The molecule has 0 saturated carbocycles. The minimum atomic E-state index is -0.336. The molecule has 1 saturated heterocycles. The number of hydrogen-bond acceptors (Lipinski definition) is 3. The molecule has 16 heavy (non-hydrogen) atoms. The number of piperidine rings is 1. The Morgan fingerprint density at radius 1 is 1.44 bits per heavy atom. The molecular formula is C11H16ClNO3. The zero-order valence-electron chi connectivity index (χ0n) is 9.15. The third-order valence-corrected chi connectivity index (χ3v) is 2.93. The number of Topliss-reactive ketones (excluding diaryl/α,β-unsaturated/α-hetero) is 1. The lowest BCUT2D eigenvalue weighted by Crippen LogP contribution is -2.40. The van der Waals surface area contributed by atoms with Crippen LogP contribution in [0.15, 0.2) is 12.7 Å². The summed E-state index contributed by atoms with van der Waals surface area (Å²) in [6, 6.07) is 0. The highest BCUT2D eigenvalue weighted by Gasteiger charge is 2.27. The van der Waals surface area contributed by atoms with Gasteiger partial charge < -0.3 is 9.64 Å². The second kappa shape index (κ2) is 6.53. The molecule has 0 unspecified atom stereocenters. The van der Waals surface area contributed by atoms with E-state index >= 15 is 0 Å². The van der Waals surface area contributed by atoms with Gasteiger partial charge in [-0.15, -0.1) is 11.6 Å². The molecule has 0 atom stereocenters. The number of ether oxygens (including phenoxy) is 1. The highest BCUT2D eigenvalue weighted by molar-refractivity contribution is 6.27. The minimum Gasteiger partial charge on any atom is -0.445 e. The van der Waals surface area contributed by atoms with E-state index < -0.39 is 0 Å². The number of alkyl halides is 1. The first-order valence-electron chi connectivity index (χ1n) is 5.30. The smallest absolute Gasteiger partial charge is 0.410 e. The largest absolute Gasteiger partial charge is 0.445 e. The molecule has 5 heteroatoms. The lowest BCUT2D eigenvalue weighted by Gasteiger charge is -2.30. The van der Waals surface area contributed by atoms with Crippen LogP contribution in [0.25, 0.3) is 0 Å². The summed E-state index contributed by atoms with van der Waals surface area (Å²) in [5, 5.41) is 0. The highest BCUT2D eigenvalue weighted by Crippen LogP contribution is 2.19. The van der Waals surface area contributed by atoms with E-state index in [4.69, 9.17) is 16.3 Å². The van der Waals surface area contributed by atoms with E-state index in [1.54, 1.807) is 4.90 Å². The molecule has 1 amide bonds. The van der Waals surface area contributed by atoms with E-state index in [9.17, 15) is 9.59 Å². The van der Waals surface area contributed by atoms with Crippen molar-refractivity contribution in [2.45, 2.75) is 12.8 Å². The first-order valence-corrected chi connectivity index (χ1v) is 5.83. The summed E-state index contributed by atoms with van der Waals surface area (Å²) in [6.45, 7) is 4.81. The number of halogens is 1. The second-order valence-corrected chi connectivity index (χ2v) is 3.99. The predicted molar refractivity (Wildman–Crippen MR) is 61.6 cm³/mol. The summed E-state index contributed by atoms with van der Waals surface area (Å²) in [6.07, 6.45) is 2.54. The third kappa shape index (κ3) is 3.52. The Kier molecular flexibility index (Phi) is 5.32. The van der Waals surface area contributed by atoms with E-state index in [-0.39, 0.29) is 30.3 Å². The van der Waals surface area contributed by atoms with Gasteiger partial charge in [-0.05, 0) is 12.8 Å². The van der Waals surface area contributed by atoms with Crippen LogP contribution in [0.1, 0.15) is 12.8 Å². The molecule has 4 nitrogen and oxygen atoms in total. The van der Waals surface area contributed by atoms with Crippen molar-refractivity contribution in [1.82, 2.24) is 4.90 Å². The molecule has 0 aliphatic carbocycles. The van der Waals surface area contributed by atoms with E-state index in [1.807, 2.05) is 0 Å². The summed E-state index contributed by atoms with van der Waals surface area (Å²) in [5.41, 5.74) is 0. The average molecular weight is 246 g/mol. The number of rotatable bonds is 4. The minimum absolute atomic E-state index is 0.000884. The Bertz CT molecular complexity index is 272. The zero-order valence-corrected chi connectivity index (χ0v) is 9.91. The van der Waals surface area contributed by atoms with Crippen LogP contribution in [-0.4, -0.2) is 42.4 Å². The van der Waals surface area contributed by atoms with Crippen LogP contribution in [0.3, 0.4) is 0 Å². The standard InChI is InChI=1S/C11H16ClNO3/c1-2-7-16-11(15)13-5-3-9(4-6-13)10(14)8-12/h2,9H,1,3-8H2. The van der Waals surface area contributed by atoms with Gasteiger partial charge in [-0.2, -0.15) is 0 Å². The summed E-state index contributed by atoms with van der Waals surface area (Å²) in [5.74, 6) is 0.132. The first-order chi connectivity index (χ1) is 7.69. The summed E-state index contributed by atoms with van der Waals surface area (Å²) in [7, 11) is 0. The highest BCUT2D eigenvalue weighted by atomic mass is 35.5. The van der Waals surface area contributed by atoms with Gasteiger partial charge in [0.1, 0.15) is 6.61 Å². The molecule has 1 rings (SSSR count). The van der Waals surface area contributed by atoms with Crippen LogP contribution in [0.2, 0.25) is 0 Å². The predicted octanol–water partition coefficient (Wildman–Crippen LogP) is 1.83. The fourth-order valence-electron chi connectivity index (χ4n) is 1.71. The lowest BCUT2D eigenvalue weighted by molar-refractivity contribution is -0.121. The summed E-state index contributed by atoms with van der Waals surface area (Å²) >= 11 is 5.49. The third-order valence-electron chi connectivity index (χ3n) is 2.66. The maximum Gasteiger partial charge on any atom is 0.410 e. The zero-order chi connectivity index (χ0) is 12.0. The van der Waals surface area contributed by atoms with Crippen molar-refractivity contribution >= 4 is 23.5 Å². The van der Waals surface area contributed by atoms with Gasteiger partial charge in [0.25, 0.3) is 0 Å². The molecule has 0 aromatic carbocycles. The van der Waals surface area contributed by atoms with Gasteiger partial charge >= 0.3 is 6.09 Å². The Labute approximate surface area is 100 Å². The van der Waals surface area contributed by atoms with Gasteiger partial charge in [-0.25, -0.2) is 4.79 Å². The van der Waals surface area contributed by atoms with Gasteiger partial charge in [0.2, 0.25) is 0 Å². The maximum absolute atomic E-state index is 11.4. The Morgan fingerprint density at radius 3 is 2.56 bits per heavy atom. The SMILES string of the molecule is C=CCOC(=O)N1CCC(C(=O)CCl)CC1. The van der Waals surface area contributed by atoms with Crippen LogP contribution in [0.4, 0.5) is 4.79 Å². The van der Waals surface area contributed by atoms with Gasteiger partial charge in [-0.3, -0.25) is 4.79 Å². The maximum atomic E-state index is 11.4. The van der Waals surface area contributed by atoms with E-state index in [0.29, 0.717) is 25.9 Å². The Hall–Kier alpha value is -1.03. The van der Waals surface area contributed by atoms with E-state index in [0.717, 1.165) is 0 Å². The normalized spacial score (nSPS) is 16.9. The van der Waals surface area contributed by atoms with Crippen LogP contribution >= 0.6 is 11.6 Å². The summed E-state index contributed by atoms with van der Waals surface area (Å²) < 4.78 is 4.91. The van der Waals surface area contributed by atoms with Crippen molar-refractivity contribution < 1.29 is 14.3 Å². The molecule has 0 N–H and O–H groups in total. The molecule has 1 heterocycles. The van der Waals surface area contributed by atoms with Crippen LogP contribution in [0.5, 0.6) is 0 Å². The van der Waals surface area contributed by atoms with Crippen molar-refractivity contribution in [2.75, 3.05) is 25.6 Å². The van der Waals surface area contributed by atoms with Crippen molar-refractivity contribution in [1.29, 1.82) is 0 Å². The van der Waals surface area contributed by atoms with Crippen LogP contribution in [0, 0.1) is 5.92 Å². The van der Waals surface area contributed by atoms with Crippen LogP contribution in [-0.2, 0) is 9.53 Å². The molecule has 0 bridgehead atoms. The van der Waals surface area contributed by atoms with Gasteiger partial charge in [0, 0.05) is 19.0 Å². The molecule has 1 fully saturated rings. The van der Waals surface area contributed by atoms with Crippen molar-refractivity contribution in [2.24, 2.45) is 5.92 Å². The number of hydrogen-bond donors (Lipinski definition) is 0.